The SMILES string of the molecule is CCCCCCCCCCCCCCC(C=O)CCCCl. The number of hydrogen-bond acceptors (Lipinski definition) is 1. The van der Waals surface area contributed by atoms with Gasteiger partial charge in [0.1, 0.15) is 6.29 Å². The number of unbranched alkanes of at least 4 members (excludes halogenated alkanes) is 11. The first-order valence-electron chi connectivity index (χ1n) is 9.36. The quantitative estimate of drug-likeness (QED) is 0.162. The fourth-order valence-corrected chi connectivity index (χ4v) is 3.02. The molecule has 0 saturated carbocycles. The fraction of sp³-hybridized carbons (Fsp3) is 0.947. The second kappa shape index (κ2) is 18.0. The van der Waals surface area contributed by atoms with Crippen LogP contribution >= 0.6 is 11.6 Å². The smallest absolute Gasteiger partial charge is 0.123 e. The second-order valence-corrected chi connectivity index (χ2v) is 6.78. The predicted octanol–water partition coefficient (Wildman–Crippen LogP) is 6.91. The van der Waals surface area contributed by atoms with Crippen LogP contribution in [0.4, 0.5) is 0 Å². The van der Waals surface area contributed by atoms with E-state index in [0.717, 1.165) is 25.5 Å². The number of aldehydes is 1. The summed E-state index contributed by atoms with van der Waals surface area (Å²) < 4.78 is 0. The van der Waals surface area contributed by atoms with Gasteiger partial charge in [-0.05, 0) is 19.3 Å². The summed E-state index contributed by atoms with van der Waals surface area (Å²) in [5.41, 5.74) is 0. The summed E-state index contributed by atoms with van der Waals surface area (Å²) in [5.74, 6) is 0.940. The van der Waals surface area contributed by atoms with Gasteiger partial charge in [-0.3, -0.25) is 0 Å². The maximum absolute atomic E-state index is 10.9. The summed E-state index contributed by atoms with van der Waals surface area (Å²) >= 11 is 5.67. The lowest BCUT2D eigenvalue weighted by molar-refractivity contribution is -0.111. The van der Waals surface area contributed by atoms with E-state index in [2.05, 4.69) is 6.92 Å². The van der Waals surface area contributed by atoms with E-state index in [-0.39, 0.29) is 5.92 Å². The van der Waals surface area contributed by atoms with Gasteiger partial charge in [-0.25, -0.2) is 0 Å². The highest BCUT2D eigenvalue weighted by molar-refractivity contribution is 6.17. The molecule has 0 bridgehead atoms. The Hall–Kier alpha value is -0.0400. The van der Waals surface area contributed by atoms with E-state index >= 15 is 0 Å². The molecule has 0 radical (unpaired) electrons. The Labute approximate surface area is 138 Å². The van der Waals surface area contributed by atoms with Gasteiger partial charge in [-0.1, -0.05) is 84.0 Å². The summed E-state index contributed by atoms with van der Waals surface area (Å²) in [6.07, 6.45) is 20.7. The van der Waals surface area contributed by atoms with Crippen molar-refractivity contribution in [2.75, 3.05) is 5.88 Å². The molecule has 1 unspecified atom stereocenters. The number of alkyl halides is 1. The topological polar surface area (TPSA) is 17.1 Å². The van der Waals surface area contributed by atoms with Crippen molar-refractivity contribution in [3.8, 4) is 0 Å². The van der Waals surface area contributed by atoms with Gasteiger partial charge in [0.2, 0.25) is 0 Å². The van der Waals surface area contributed by atoms with Crippen LogP contribution in [0.5, 0.6) is 0 Å². The lowest BCUT2D eigenvalue weighted by Gasteiger charge is -2.08. The summed E-state index contributed by atoms with van der Waals surface area (Å²) in [4.78, 5) is 10.9. The molecule has 0 heterocycles. The van der Waals surface area contributed by atoms with Gasteiger partial charge in [0.05, 0.1) is 0 Å². The summed E-state index contributed by atoms with van der Waals surface area (Å²) in [5, 5.41) is 0. The normalized spacial score (nSPS) is 12.5. The van der Waals surface area contributed by atoms with Gasteiger partial charge in [-0.2, -0.15) is 0 Å². The van der Waals surface area contributed by atoms with Crippen LogP contribution in [0.25, 0.3) is 0 Å². The van der Waals surface area contributed by atoms with E-state index < -0.39 is 0 Å². The van der Waals surface area contributed by atoms with Crippen molar-refractivity contribution in [2.24, 2.45) is 5.92 Å². The zero-order chi connectivity index (χ0) is 15.6. The minimum Gasteiger partial charge on any atom is -0.303 e. The van der Waals surface area contributed by atoms with Crippen LogP contribution in [0.1, 0.15) is 103 Å². The van der Waals surface area contributed by atoms with Crippen molar-refractivity contribution in [1.29, 1.82) is 0 Å². The Bertz CT molecular complexity index is 206. The Balaban J connectivity index is 3.16. The van der Waals surface area contributed by atoms with Gasteiger partial charge in [0.25, 0.3) is 0 Å². The number of hydrogen-bond donors (Lipinski definition) is 0. The molecular formula is C19H37ClO. The molecule has 0 N–H and O–H groups in total. The molecule has 0 aliphatic heterocycles. The van der Waals surface area contributed by atoms with Gasteiger partial charge in [0, 0.05) is 11.8 Å². The standard InChI is InChI=1S/C19H37ClO/c1-2-3-4-5-6-7-8-9-10-11-12-13-15-19(18-21)16-14-17-20/h18-19H,2-17H2,1H3. The van der Waals surface area contributed by atoms with E-state index in [1.807, 2.05) is 0 Å². The number of carbonyl (C=O) groups excluding carboxylic acids is 1. The minimum atomic E-state index is 0.256. The lowest BCUT2D eigenvalue weighted by Crippen LogP contribution is -2.02. The first-order valence-corrected chi connectivity index (χ1v) is 9.89. The van der Waals surface area contributed by atoms with Gasteiger partial charge >= 0.3 is 0 Å². The zero-order valence-electron chi connectivity index (χ0n) is 14.3. The van der Waals surface area contributed by atoms with E-state index in [1.54, 1.807) is 0 Å². The molecule has 126 valence electrons. The Morgan fingerprint density at radius 1 is 0.714 bits per heavy atom. The molecule has 0 saturated heterocycles. The van der Waals surface area contributed by atoms with Crippen LogP contribution in [0, 0.1) is 5.92 Å². The summed E-state index contributed by atoms with van der Waals surface area (Å²) in [6, 6.07) is 0. The third-order valence-corrected chi connectivity index (χ3v) is 4.60. The first kappa shape index (κ1) is 21.0. The van der Waals surface area contributed by atoms with Crippen LogP contribution in [-0.2, 0) is 4.79 Å². The molecule has 0 aliphatic rings. The molecule has 21 heavy (non-hydrogen) atoms. The highest BCUT2D eigenvalue weighted by Gasteiger charge is 2.06. The largest absolute Gasteiger partial charge is 0.303 e. The van der Waals surface area contributed by atoms with Gasteiger partial charge in [-0.15, -0.1) is 11.6 Å². The van der Waals surface area contributed by atoms with Crippen LogP contribution in [0.3, 0.4) is 0 Å². The van der Waals surface area contributed by atoms with Crippen molar-refractivity contribution in [2.45, 2.75) is 103 Å². The lowest BCUT2D eigenvalue weighted by atomic mass is 9.97. The average molecular weight is 317 g/mol. The zero-order valence-corrected chi connectivity index (χ0v) is 15.0. The highest BCUT2D eigenvalue weighted by Crippen LogP contribution is 2.16. The van der Waals surface area contributed by atoms with Crippen molar-refractivity contribution >= 4 is 17.9 Å². The fourth-order valence-electron chi connectivity index (χ4n) is 2.87. The van der Waals surface area contributed by atoms with Crippen molar-refractivity contribution in [3.05, 3.63) is 0 Å². The molecule has 0 aromatic carbocycles. The Kier molecular flexibility index (Phi) is 18.0. The van der Waals surface area contributed by atoms with E-state index in [0.29, 0.717) is 5.88 Å². The molecule has 0 aromatic rings. The van der Waals surface area contributed by atoms with Crippen LogP contribution in [0.15, 0.2) is 0 Å². The highest BCUT2D eigenvalue weighted by atomic mass is 35.5. The third kappa shape index (κ3) is 16.2. The van der Waals surface area contributed by atoms with Crippen molar-refractivity contribution < 1.29 is 4.79 Å². The predicted molar refractivity (Wildman–Crippen MR) is 95.2 cm³/mol. The van der Waals surface area contributed by atoms with Crippen LogP contribution in [0.2, 0.25) is 0 Å². The third-order valence-electron chi connectivity index (χ3n) is 4.33. The molecule has 1 atom stereocenters. The summed E-state index contributed by atoms with van der Waals surface area (Å²) in [7, 11) is 0. The maximum Gasteiger partial charge on any atom is 0.123 e. The number of rotatable bonds is 17. The number of carbonyl (C=O) groups is 1. The Morgan fingerprint density at radius 3 is 1.57 bits per heavy atom. The molecule has 0 fully saturated rings. The monoisotopic (exact) mass is 316 g/mol. The molecule has 0 rings (SSSR count). The molecule has 0 aromatic heterocycles. The molecule has 0 spiro atoms. The Morgan fingerprint density at radius 2 is 1.14 bits per heavy atom. The maximum atomic E-state index is 10.9. The van der Waals surface area contributed by atoms with Crippen LogP contribution < -0.4 is 0 Å². The molecule has 0 amide bonds. The average Bonchev–Trinajstić information content (AvgIpc) is 2.51. The first-order chi connectivity index (χ1) is 10.3. The molecule has 0 aliphatic carbocycles. The summed E-state index contributed by atoms with van der Waals surface area (Å²) in [6.45, 7) is 2.27. The second-order valence-electron chi connectivity index (χ2n) is 6.41. The van der Waals surface area contributed by atoms with Crippen molar-refractivity contribution in [3.63, 3.8) is 0 Å². The van der Waals surface area contributed by atoms with E-state index in [1.165, 1.54) is 77.0 Å². The van der Waals surface area contributed by atoms with Crippen LogP contribution in [-0.4, -0.2) is 12.2 Å². The van der Waals surface area contributed by atoms with E-state index in [9.17, 15) is 4.79 Å². The van der Waals surface area contributed by atoms with E-state index in [4.69, 9.17) is 11.6 Å². The number of halogens is 1. The van der Waals surface area contributed by atoms with Gasteiger partial charge < -0.3 is 4.79 Å². The van der Waals surface area contributed by atoms with Crippen molar-refractivity contribution in [1.82, 2.24) is 0 Å². The molecule has 2 heteroatoms. The minimum absolute atomic E-state index is 0.256. The molecule has 1 nitrogen and oxygen atoms in total. The van der Waals surface area contributed by atoms with Gasteiger partial charge in [0.15, 0.2) is 0 Å². The molecular weight excluding hydrogens is 280 g/mol.